The summed E-state index contributed by atoms with van der Waals surface area (Å²) in [5, 5.41) is 2.73. The summed E-state index contributed by atoms with van der Waals surface area (Å²) in [6.45, 7) is 1.20. The minimum Gasteiger partial charge on any atom is -0.489 e. The number of para-hydroxylation sites is 1. The number of hydrogen-bond donors (Lipinski definition) is 1. The molecule has 1 N–H and O–H groups in total. The van der Waals surface area contributed by atoms with Crippen LogP contribution in [0.25, 0.3) is 0 Å². The van der Waals surface area contributed by atoms with Crippen molar-refractivity contribution in [1.29, 1.82) is 0 Å². The van der Waals surface area contributed by atoms with E-state index in [4.69, 9.17) is 9.47 Å². The Kier molecular flexibility index (Phi) is 4.01. The monoisotopic (exact) mass is 338 g/mol. The first-order valence-corrected chi connectivity index (χ1v) is 8.27. The molecule has 2 aromatic rings. The second-order valence-corrected chi connectivity index (χ2v) is 6.14. The molecule has 2 aliphatic rings. The molecular formula is C19H18N2O4. The molecule has 2 aromatic carbocycles. The Bertz CT molecular complexity index is 806. The van der Waals surface area contributed by atoms with E-state index in [1.165, 1.54) is 0 Å². The molecule has 0 spiro atoms. The third-order valence-corrected chi connectivity index (χ3v) is 4.34. The van der Waals surface area contributed by atoms with Crippen molar-refractivity contribution in [2.24, 2.45) is 0 Å². The van der Waals surface area contributed by atoms with Crippen LogP contribution >= 0.6 is 0 Å². The fourth-order valence-corrected chi connectivity index (χ4v) is 3.10. The van der Waals surface area contributed by atoms with Crippen LogP contribution in [-0.2, 0) is 4.79 Å². The maximum Gasteiger partial charge on any atom is 0.262 e. The number of benzene rings is 2. The number of fused-ring (bicyclic) bond motifs is 1. The summed E-state index contributed by atoms with van der Waals surface area (Å²) in [6, 6.07) is 14.7. The van der Waals surface area contributed by atoms with Gasteiger partial charge in [0.15, 0.2) is 6.61 Å². The molecule has 0 bridgehead atoms. The van der Waals surface area contributed by atoms with Gasteiger partial charge in [-0.1, -0.05) is 18.2 Å². The number of nitrogens with one attached hydrogen (secondary N) is 1. The maximum absolute atomic E-state index is 12.7. The lowest BCUT2D eigenvalue weighted by Gasteiger charge is -2.20. The average molecular weight is 338 g/mol. The molecular weight excluding hydrogens is 320 g/mol. The summed E-state index contributed by atoms with van der Waals surface area (Å²) in [5.41, 5.74) is 1.07. The molecule has 0 aromatic heterocycles. The Balaban J connectivity index is 1.43. The fourth-order valence-electron chi connectivity index (χ4n) is 3.10. The molecule has 4 rings (SSSR count). The number of amides is 2. The van der Waals surface area contributed by atoms with E-state index in [1.54, 1.807) is 23.1 Å². The molecule has 1 unspecified atom stereocenters. The molecule has 128 valence electrons. The Labute approximate surface area is 145 Å². The summed E-state index contributed by atoms with van der Waals surface area (Å²) in [5.74, 6) is 1.12. The zero-order chi connectivity index (χ0) is 17.2. The van der Waals surface area contributed by atoms with Crippen LogP contribution in [0.3, 0.4) is 0 Å². The van der Waals surface area contributed by atoms with Crippen molar-refractivity contribution in [2.45, 2.75) is 12.5 Å². The zero-order valence-electron chi connectivity index (χ0n) is 13.6. The molecule has 25 heavy (non-hydrogen) atoms. The number of likely N-dealkylation sites (tertiary alicyclic amines) is 1. The number of rotatable bonds is 3. The average Bonchev–Trinajstić information content (AvgIpc) is 3.09. The van der Waals surface area contributed by atoms with E-state index in [2.05, 4.69) is 5.32 Å². The first-order valence-electron chi connectivity index (χ1n) is 8.27. The first-order chi connectivity index (χ1) is 12.2. The summed E-state index contributed by atoms with van der Waals surface area (Å²) in [7, 11) is 0. The standard InChI is InChI=1S/C19H18N2O4/c22-18-12-24-17-7-6-13(10-16(17)20-18)19(23)21-9-8-15(11-21)25-14-4-2-1-3-5-14/h1-7,10,15H,8-9,11-12H2,(H,20,22). The van der Waals surface area contributed by atoms with Crippen molar-refractivity contribution in [3.8, 4) is 11.5 Å². The van der Waals surface area contributed by atoms with Gasteiger partial charge in [-0.2, -0.15) is 0 Å². The van der Waals surface area contributed by atoms with E-state index < -0.39 is 0 Å². The lowest BCUT2D eigenvalue weighted by Crippen LogP contribution is -2.31. The van der Waals surface area contributed by atoms with Gasteiger partial charge in [0.05, 0.1) is 12.2 Å². The molecule has 2 amide bonds. The molecule has 2 heterocycles. The van der Waals surface area contributed by atoms with E-state index in [1.807, 2.05) is 30.3 Å². The molecule has 0 aliphatic carbocycles. The quantitative estimate of drug-likeness (QED) is 0.932. The van der Waals surface area contributed by atoms with Crippen molar-refractivity contribution in [1.82, 2.24) is 4.90 Å². The molecule has 2 aliphatic heterocycles. The normalized spacial score (nSPS) is 19.0. The van der Waals surface area contributed by atoms with E-state index in [9.17, 15) is 9.59 Å². The molecule has 0 radical (unpaired) electrons. The van der Waals surface area contributed by atoms with E-state index in [0.717, 1.165) is 12.2 Å². The van der Waals surface area contributed by atoms with Gasteiger partial charge in [-0.3, -0.25) is 9.59 Å². The largest absolute Gasteiger partial charge is 0.489 e. The Morgan fingerprint density at radius 2 is 2.04 bits per heavy atom. The number of hydrogen-bond acceptors (Lipinski definition) is 4. The third kappa shape index (κ3) is 3.28. The highest BCUT2D eigenvalue weighted by Crippen LogP contribution is 2.29. The van der Waals surface area contributed by atoms with Gasteiger partial charge in [0.1, 0.15) is 17.6 Å². The smallest absolute Gasteiger partial charge is 0.262 e. The summed E-state index contributed by atoms with van der Waals surface area (Å²) >= 11 is 0. The number of carbonyl (C=O) groups is 2. The molecule has 0 saturated carbocycles. The van der Waals surface area contributed by atoms with Crippen LogP contribution in [0, 0.1) is 0 Å². The zero-order valence-corrected chi connectivity index (χ0v) is 13.6. The second-order valence-electron chi connectivity index (χ2n) is 6.14. The first kappa shape index (κ1) is 15.5. The van der Waals surface area contributed by atoms with Gasteiger partial charge in [-0.15, -0.1) is 0 Å². The third-order valence-electron chi connectivity index (χ3n) is 4.34. The van der Waals surface area contributed by atoms with Crippen LogP contribution < -0.4 is 14.8 Å². The predicted octanol–water partition coefficient (Wildman–Crippen LogP) is 2.31. The van der Waals surface area contributed by atoms with Gasteiger partial charge in [-0.25, -0.2) is 0 Å². The van der Waals surface area contributed by atoms with Crippen molar-refractivity contribution in [3.63, 3.8) is 0 Å². The molecule has 1 fully saturated rings. The van der Waals surface area contributed by atoms with Crippen LogP contribution in [0.4, 0.5) is 5.69 Å². The SMILES string of the molecule is O=C1COc2ccc(C(=O)N3CCC(Oc4ccccc4)C3)cc2N1. The summed E-state index contributed by atoms with van der Waals surface area (Å²) in [4.78, 5) is 25.9. The van der Waals surface area contributed by atoms with Gasteiger partial charge in [-0.05, 0) is 30.3 Å². The molecule has 1 atom stereocenters. The summed E-state index contributed by atoms with van der Waals surface area (Å²) in [6.07, 6.45) is 0.790. The highest BCUT2D eigenvalue weighted by atomic mass is 16.5. The maximum atomic E-state index is 12.7. The highest BCUT2D eigenvalue weighted by Gasteiger charge is 2.29. The van der Waals surface area contributed by atoms with E-state index >= 15 is 0 Å². The lowest BCUT2D eigenvalue weighted by atomic mass is 10.1. The lowest BCUT2D eigenvalue weighted by molar-refractivity contribution is -0.118. The van der Waals surface area contributed by atoms with E-state index in [-0.39, 0.29) is 24.5 Å². The Morgan fingerprint density at radius 1 is 1.20 bits per heavy atom. The van der Waals surface area contributed by atoms with Crippen molar-refractivity contribution >= 4 is 17.5 Å². The van der Waals surface area contributed by atoms with Crippen molar-refractivity contribution < 1.29 is 19.1 Å². The van der Waals surface area contributed by atoms with Gasteiger partial charge in [0.25, 0.3) is 11.8 Å². The fraction of sp³-hybridized carbons (Fsp3) is 0.263. The minimum absolute atomic E-state index is 0.00488. The van der Waals surface area contributed by atoms with Crippen LogP contribution in [0.1, 0.15) is 16.8 Å². The second kappa shape index (κ2) is 6.47. The van der Waals surface area contributed by atoms with E-state index in [0.29, 0.717) is 30.1 Å². The number of nitrogens with zero attached hydrogens (tertiary/aromatic N) is 1. The summed E-state index contributed by atoms with van der Waals surface area (Å²) < 4.78 is 11.2. The van der Waals surface area contributed by atoms with Gasteiger partial charge < -0.3 is 19.7 Å². The predicted molar refractivity (Wildman–Crippen MR) is 91.9 cm³/mol. The van der Waals surface area contributed by atoms with Gasteiger partial charge in [0, 0.05) is 18.5 Å². The minimum atomic E-state index is -0.213. The number of carbonyl (C=O) groups excluding carboxylic acids is 2. The molecule has 1 saturated heterocycles. The van der Waals surface area contributed by atoms with Crippen LogP contribution in [0.5, 0.6) is 11.5 Å². The number of anilines is 1. The molecule has 6 nitrogen and oxygen atoms in total. The van der Waals surface area contributed by atoms with Crippen molar-refractivity contribution in [2.75, 3.05) is 25.0 Å². The van der Waals surface area contributed by atoms with Crippen LogP contribution in [0.15, 0.2) is 48.5 Å². The topological polar surface area (TPSA) is 67.9 Å². The van der Waals surface area contributed by atoms with Crippen molar-refractivity contribution in [3.05, 3.63) is 54.1 Å². The number of ether oxygens (including phenoxy) is 2. The molecule has 6 heteroatoms. The van der Waals surface area contributed by atoms with Gasteiger partial charge in [0.2, 0.25) is 0 Å². The van der Waals surface area contributed by atoms with Crippen LogP contribution in [0.2, 0.25) is 0 Å². The Morgan fingerprint density at radius 3 is 2.88 bits per heavy atom. The Hall–Kier alpha value is -3.02. The van der Waals surface area contributed by atoms with Gasteiger partial charge >= 0.3 is 0 Å². The highest BCUT2D eigenvalue weighted by molar-refractivity contribution is 6.00. The van der Waals surface area contributed by atoms with Crippen LogP contribution in [-0.4, -0.2) is 42.5 Å².